The Hall–Kier alpha value is -2.28. The van der Waals surface area contributed by atoms with Gasteiger partial charge in [0.1, 0.15) is 6.04 Å². The summed E-state index contributed by atoms with van der Waals surface area (Å²) in [5, 5.41) is 7.70. The molecule has 4 rings (SSSR count). The molecule has 0 saturated carbocycles. The largest absolute Gasteiger partial charge is 0.350 e. The lowest BCUT2D eigenvalue weighted by molar-refractivity contribution is -0.138. The summed E-state index contributed by atoms with van der Waals surface area (Å²) in [6, 6.07) is 9.84. The van der Waals surface area contributed by atoms with E-state index < -0.39 is 0 Å². The van der Waals surface area contributed by atoms with Gasteiger partial charge < -0.3 is 10.2 Å². The maximum atomic E-state index is 12.8. The van der Waals surface area contributed by atoms with Gasteiger partial charge in [0.25, 0.3) is 0 Å². The highest BCUT2D eigenvalue weighted by Crippen LogP contribution is 2.47. The van der Waals surface area contributed by atoms with Gasteiger partial charge in [-0.05, 0) is 32.8 Å². The lowest BCUT2D eigenvalue weighted by Gasteiger charge is -2.29. The Morgan fingerprint density at radius 1 is 1.32 bits per heavy atom. The van der Waals surface area contributed by atoms with Crippen LogP contribution >= 0.6 is 11.8 Å². The van der Waals surface area contributed by atoms with E-state index >= 15 is 0 Å². The van der Waals surface area contributed by atoms with Crippen LogP contribution in [-0.4, -0.2) is 43.2 Å². The minimum Gasteiger partial charge on any atom is -0.350 e. The lowest BCUT2D eigenvalue weighted by atomic mass is 10.1. The van der Waals surface area contributed by atoms with E-state index in [2.05, 4.69) is 29.5 Å². The van der Waals surface area contributed by atoms with E-state index in [0.717, 1.165) is 23.4 Å². The normalized spacial score (nSPS) is 23.9. The molecule has 1 aromatic carbocycles. The zero-order valence-electron chi connectivity index (χ0n) is 16.6. The molecule has 2 fully saturated rings. The SMILES string of the molecule is Cc1nn(Cc2ccccc2)c(C)c1CNC(=O)C1CSC2(C)CCC(=O)N12. The van der Waals surface area contributed by atoms with Crippen molar-refractivity contribution < 1.29 is 9.59 Å². The summed E-state index contributed by atoms with van der Waals surface area (Å²) in [7, 11) is 0. The van der Waals surface area contributed by atoms with Crippen LogP contribution in [0.2, 0.25) is 0 Å². The summed E-state index contributed by atoms with van der Waals surface area (Å²) in [6.45, 7) is 7.23. The number of rotatable bonds is 5. The van der Waals surface area contributed by atoms with Crippen molar-refractivity contribution in [2.24, 2.45) is 0 Å². The van der Waals surface area contributed by atoms with Crippen molar-refractivity contribution >= 4 is 23.6 Å². The first-order chi connectivity index (χ1) is 13.4. The number of hydrogen-bond donors (Lipinski definition) is 1. The zero-order valence-corrected chi connectivity index (χ0v) is 17.4. The van der Waals surface area contributed by atoms with Gasteiger partial charge in [0.05, 0.1) is 17.1 Å². The fourth-order valence-electron chi connectivity index (χ4n) is 4.21. The molecule has 0 radical (unpaired) electrons. The summed E-state index contributed by atoms with van der Waals surface area (Å²) >= 11 is 1.72. The molecule has 2 aromatic rings. The van der Waals surface area contributed by atoms with E-state index in [1.807, 2.05) is 36.7 Å². The van der Waals surface area contributed by atoms with Gasteiger partial charge in [-0.1, -0.05) is 30.3 Å². The zero-order chi connectivity index (χ0) is 19.9. The summed E-state index contributed by atoms with van der Waals surface area (Å²) < 4.78 is 1.98. The van der Waals surface area contributed by atoms with Gasteiger partial charge in [0.2, 0.25) is 11.8 Å². The number of thioether (sulfide) groups is 1. The van der Waals surface area contributed by atoms with Crippen molar-refractivity contribution in [3.8, 4) is 0 Å². The predicted octanol–water partition coefficient (Wildman–Crippen LogP) is 2.62. The molecule has 148 valence electrons. The van der Waals surface area contributed by atoms with Crippen molar-refractivity contribution in [3.05, 3.63) is 52.8 Å². The van der Waals surface area contributed by atoms with Crippen molar-refractivity contribution in [2.45, 2.75) is 57.6 Å². The number of fused-ring (bicyclic) bond motifs is 1. The Kier molecular flexibility index (Phi) is 4.95. The molecular formula is C21H26N4O2S. The quantitative estimate of drug-likeness (QED) is 0.841. The van der Waals surface area contributed by atoms with Gasteiger partial charge in [0.15, 0.2) is 0 Å². The highest BCUT2D eigenvalue weighted by atomic mass is 32.2. The van der Waals surface area contributed by atoms with Gasteiger partial charge in [-0.3, -0.25) is 14.3 Å². The molecule has 1 N–H and O–H groups in total. The fourth-order valence-corrected chi connectivity index (χ4v) is 5.64. The predicted molar refractivity (Wildman–Crippen MR) is 110 cm³/mol. The van der Waals surface area contributed by atoms with Crippen molar-refractivity contribution in [1.82, 2.24) is 20.0 Å². The van der Waals surface area contributed by atoms with Crippen LogP contribution in [0, 0.1) is 13.8 Å². The van der Waals surface area contributed by atoms with E-state index in [0.29, 0.717) is 25.3 Å². The molecule has 0 spiro atoms. The lowest BCUT2D eigenvalue weighted by Crippen LogP contribution is -2.49. The Bertz CT molecular complexity index is 911. The summed E-state index contributed by atoms with van der Waals surface area (Å²) in [4.78, 5) is 26.7. The highest BCUT2D eigenvalue weighted by molar-refractivity contribution is 8.01. The van der Waals surface area contributed by atoms with E-state index in [1.165, 1.54) is 5.56 Å². The summed E-state index contributed by atoms with van der Waals surface area (Å²) in [5.74, 6) is 0.691. The topological polar surface area (TPSA) is 67.2 Å². The van der Waals surface area contributed by atoms with E-state index in [9.17, 15) is 9.59 Å². The molecule has 2 amide bonds. The third-order valence-electron chi connectivity index (χ3n) is 5.89. The second-order valence-electron chi connectivity index (χ2n) is 7.78. The fraction of sp³-hybridized carbons (Fsp3) is 0.476. The summed E-state index contributed by atoms with van der Waals surface area (Å²) in [6.07, 6.45) is 1.36. The van der Waals surface area contributed by atoms with E-state index in [-0.39, 0.29) is 22.7 Å². The van der Waals surface area contributed by atoms with Gasteiger partial charge >= 0.3 is 0 Å². The molecule has 2 saturated heterocycles. The molecule has 1 aromatic heterocycles. The van der Waals surface area contributed by atoms with E-state index in [1.54, 1.807) is 16.7 Å². The number of carbonyl (C=O) groups excluding carboxylic acids is 2. The Balaban J connectivity index is 1.44. The van der Waals surface area contributed by atoms with Gasteiger partial charge in [-0.25, -0.2) is 0 Å². The molecule has 2 atom stereocenters. The first kappa shape index (κ1) is 19.1. The van der Waals surface area contributed by atoms with Crippen molar-refractivity contribution in [3.63, 3.8) is 0 Å². The molecule has 2 aliphatic rings. The number of aromatic nitrogens is 2. The number of hydrogen-bond acceptors (Lipinski definition) is 4. The number of nitrogens with one attached hydrogen (secondary N) is 1. The second kappa shape index (κ2) is 7.28. The minimum absolute atomic E-state index is 0.0684. The van der Waals surface area contributed by atoms with E-state index in [4.69, 9.17) is 0 Å². The highest BCUT2D eigenvalue weighted by Gasteiger charge is 2.52. The van der Waals surface area contributed by atoms with Crippen molar-refractivity contribution in [1.29, 1.82) is 0 Å². The number of nitrogens with zero attached hydrogens (tertiary/aromatic N) is 3. The Morgan fingerprint density at radius 2 is 2.07 bits per heavy atom. The monoisotopic (exact) mass is 398 g/mol. The third kappa shape index (κ3) is 3.32. The number of aryl methyl sites for hydroxylation is 1. The minimum atomic E-state index is -0.370. The molecule has 7 heteroatoms. The molecule has 28 heavy (non-hydrogen) atoms. The van der Waals surface area contributed by atoms with Gasteiger partial charge in [0, 0.05) is 30.0 Å². The van der Waals surface area contributed by atoms with Crippen LogP contribution in [0.5, 0.6) is 0 Å². The standard InChI is InChI=1S/C21H26N4O2S/c1-14-17(15(2)24(23-14)12-16-7-5-4-6-8-16)11-22-20(27)18-13-28-21(3)10-9-19(26)25(18)21/h4-8,18H,9-13H2,1-3H3,(H,22,27). The van der Waals surface area contributed by atoms with Gasteiger partial charge in [-0.15, -0.1) is 11.8 Å². The van der Waals surface area contributed by atoms with Gasteiger partial charge in [-0.2, -0.15) is 5.10 Å². The van der Waals surface area contributed by atoms with Crippen LogP contribution in [-0.2, 0) is 22.7 Å². The van der Waals surface area contributed by atoms with Crippen molar-refractivity contribution in [2.75, 3.05) is 5.75 Å². The Labute approximate surface area is 169 Å². The molecule has 0 aliphatic carbocycles. The van der Waals surface area contributed by atoms with Crippen LogP contribution < -0.4 is 5.32 Å². The molecule has 0 bridgehead atoms. The number of carbonyl (C=O) groups is 2. The first-order valence-corrected chi connectivity index (χ1v) is 10.7. The van der Waals surface area contributed by atoms with Crippen LogP contribution in [0.15, 0.2) is 30.3 Å². The average Bonchev–Trinajstić information content (AvgIpc) is 3.26. The average molecular weight is 399 g/mol. The Morgan fingerprint density at radius 3 is 2.82 bits per heavy atom. The van der Waals surface area contributed by atoms with Crippen LogP contribution in [0.4, 0.5) is 0 Å². The molecule has 6 nitrogen and oxygen atoms in total. The molecule has 3 heterocycles. The number of benzene rings is 1. The smallest absolute Gasteiger partial charge is 0.243 e. The van der Waals surface area contributed by atoms with Crippen LogP contribution in [0.3, 0.4) is 0 Å². The third-order valence-corrected chi connectivity index (χ3v) is 7.40. The van der Waals surface area contributed by atoms with Crippen LogP contribution in [0.1, 0.15) is 42.3 Å². The molecule has 2 aliphatic heterocycles. The second-order valence-corrected chi connectivity index (χ2v) is 9.28. The summed E-state index contributed by atoms with van der Waals surface area (Å²) in [5.41, 5.74) is 4.23. The molecular weight excluding hydrogens is 372 g/mol. The first-order valence-electron chi connectivity index (χ1n) is 9.70. The maximum Gasteiger partial charge on any atom is 0.243 e. The maximum absolute atomic E-state index is 12.8. The van der Waals surface area contributed by atoms with Crippen LogP contribution in [0.25, 0.3) is 0 Å². The molecule has 2 unspecified atom stereocenters. The number of amides is 2.